The fourth-order valence-corrected chi connectivity index (χ4v) is 3.22. The largest absolute Gasteiger partial charge is 0.456 e. The maximum atomic E-state index is 12.9. The van der Waals surface area contributed by atoms with Gasteiger partial charge < -0.3 is 15.4 Å². The molecule has 1 unspecified atom stereocenters. The first-order chi connectivity index (χ1) is 16.8. The summed E-state index contributed by atoms with van der Waals surface area (Å²) in [6.45, 7) is 3.10. The molecule has 0 spiro atoms. The molecule has 2 amide bonds. The molecule has 0 saturated carbocycles. The molecule has 0 fully saturated rings. The Labute approximate surface area is 204 Å². The first kappa shape index (κ1) is 25.4. The fraction of sp³-hybridized carbons (Fsp3) is 0.214. The highest BCUT2D eigenvalue weighted by Gasteiger charge is 2.24. The maximum Gasteiger partial charge on any atom is 0.329 e. The van der Waals surface area contributed by atoms with Crippen molar-refractivity contribution >= 4 is 29.3 Å². The molecule has 7 heteroatoms. The Bertz CT molecular complexity index is 1160. The highest BCUT2D eigenvalue weighted by atomic mass is 16.5. The lowest BCUT2D eigenvalue weighted by Crippen LogP contribution is -2.43. The van der Waals surface area contributed by atoms with E-state index in [1.807, 2.05) is 30.3 Å². The van der Waals surface area contributed by atoms with E-state index < -0.39 is 30.3 Å². The number of esters is 1. The zero-order valence-electron chi connectivity index (χ0n) is 19.7. The summed E-state index contributed by atoms with van der Waals surface area (Å²) < 4.78 is 5.28. The van der Waals surface area contributed by atoms with Crippen molar-refractivity contribution in [1.82, 2.24) is 5.32 Å². The van der Waals surface area contributed by atoms with Crippen LogP contribution in [0.5, 0.6) is 0 Å². The van der Waals surface area contributed by atoms with Crippen LogP contribution >= 0.6 is 0 Å². The second kappa shape index (κ2) is 12.3. The molecule has 0 aliphatic heterocycles. The van der Waals surface area contributed by atoms with Crippen molar-refractivity contribution in [1.29, 1.82) is 0 Å². The van der Waals surface area contributed by atoms with E-state index in [9.17, 15) is 19.2 Å². The Hall–Kier alpha value is -4.26. The number of amides is 2. The van der Waals surface area contributed by atoms with Crippen LogP contribution in [0.2, 0.25) is 0 Å². The molecular weight excluding hydrogens is 444 g/mol. The molecule has 1 atom stereocenters. The average molecular weight is 473 g/mol. The van der Waals surface area contributed by atoms with Crippen molar-refractivity contribution in [2.45, 2.75) is 26.3 Å². The zero-order valence-corrected chi connectivity index (χ0v) is 19.7. The quantitative estimate of drug-likeness (QED) is 0.342. The van der Waals surface area contributed by atoms with Crippen LogP contribution in [0.15, 0.2) is 84.9 Å². The number of ether oxygens (including phenoxy) is 1. The van der Waals surface area contributed by atoms with Crippen LogP contribution in [0.3, 0.4) is 0 Å². The first-order valence-corrected chi connectivity index (χ1v) is 11.3. The number of hydrogen-bond acceptors (Lipinski definition) is 5. The minimum atomic E-state index is -0.966. The zero-order chi connectivity index (χ0) is 25.2. The SMILES string of the molecule is CC(C)C(=O)Nc1ccc(C(=O)COC(=O)C(Cc2ccccc2)NC(=O)c2ccccc2)cc1. The summed E-state index contributed by atoms with van der Waals surface area (Å²) in [5.41, 5.74) is 2.17. The van der Waals surface area contributed by atoms with Crippen LogP contribution < -0.4 is 10.6 Å². The Morgan fingerprint density at radius 1 is 0.771 bits per heavy atom. The Morgan fingerprint density at radius 2 is 1.37 bits per heavy atom. The van der Waals surface area contributed by atoms with Crippen LogP contribution in [0.1, 0.15) is 40.1 Å². The Kier molecular flexibility index (Phi) is 8.89. The van der Waals surface area contributed by atoms with Crippen LogP contribution in [0.25, 0.3) is 0 Å². The first-order valence-electron chi connectivity index (χ1n) is 11.3. The molecule has 0 radical (unpaired) electrons. The van der Waals surface area contributed by atoms with Crippen LogP contribution in [-0.2, 0) is 20.7 Å². The van der Waals surface area contributed by atoms with E-state index in [0.717, 1.165) is 5.56 Å². The highest BCUT2D eigenvalue weighted by Crippen LogP contribution is 2.12. The predicted octanol–water partition coefficient (Wildman–Crippen LogP) is 4.05. The second-order valence-corrected chi connectivity index (χ2v) is 8.33. The lowest BCUT2D eigenvalue weighted by molar-refractivity contribution is -0.144. The summed E-state index contributed by atoms with van der Waals surface area (Å²) in [5.74, 6) is -1.80. The number of carbonyl (C=O) groups is 4. The summed E-state index contributed by atoms with van der Waals surface area (Å²) >= 11 is 0. The molecule has 7 nitrogen and oxygen atoms in total. The van der Waals surface area contributed by atoms with Gasteiger partial charge in [-0.1, -0.05) is 62.4 Å². The van der Waals surface area contributed by atoms with Gasteiger partial charge in [-0.2, -0.15) is 0 Å². The van der Waals surface area contributed by atoms with Crippen molar-refractivity contribution in [3.05, 3.63) is 102 Å². The van der Waals surface area contributed by atoms with E-state index in [2.05, 4.69) is 10.6 Å². The predicted molar refractivity (Wildman–Crippen MR) is 133 cm³/mol. The Balaban J connectivity index is 1.63. The fourth-order valence-electron chi connectivity index (χ4n) is 3.22. The van der Waals surface area contributed by atoms with Crippen molar-refractivity contribution in [2.24, 2.45) is 5.92 Å². The van der Waals surface area contributed by atoms with Gasteiger partial charge >= 0.3 is 5.97 Å². The van der Waals surface area contributed by atoms with Crippen molar-refractivity contribution in [2.75, 3.05) is 11.9 Å². The van der Waals surface area contributed by atoms with Crippen LogP contribution in [-0.4, -0.2) is 36.2 Å². The van der Waals surface area contributed by atoms with Crippen molar-refractivity contribution < 1.29 is 23.9 Å². The summed E-state index contributed by atoms with van der Waals surface area (Å²) in [6.07, 6.45) is 0.219. The van der Waals surface area contributed by atoms with E-state index in [-0.39, 0.29) is 18.2 Å². The maximum absolute atomic E-state index is 12.9. The van der Waals surface area contributed by atoms with Crippen LogP contribution in [0.4, 0.5) is 5.69 Å². The number of carbonyl (C=O) groups excluding carboxylic acids is 4. The topological polar surface area (TPSA) is 102 Å². The second-order valence-electron chi connectivity index (χ2n) is 8.33. The van der Waals surface area contributed by atoms with Gasteiger partial charge in [0.1, 0.15) is 6.04 Å². The normalized spacial score (nSPS) is 11.4. The minimum absolute atomic E-state index is 0.125. The number of Topliss-reactive ketones (excluding diaryl/α,β-unsaturated/α-hetero) is 1. The van der Waals surface area contributed by atoms with E-state index in [1.165, 1.54) is 0 Å². The molecule has 0 heterocycles. The monoisotopic (exact) mass is 472 g/mol. The number of anilines is 1. The molecule has 0 bridgehead atoms. The van der Waals surface area contributed by atoms with Gasteiger partial charge in [-0.25, -0.2) is 4.79 Å². The molecule has 35 heavy (non-hydrogen) atoms. The van der Waals surface area contributed by atoms with Gasteiger partial charge in [-0.3, -0.25) is 14.4 Å². The van der Waals surface area contributed by atoms with Crippen molar-refractivity contribution in [3.8, 4) is 0 Å². The molecule has 3 rings (SSSR count). The van der Waals surface area contributed by atoms with Gasteiger partial charge in [0.25, 0.3) is 5.91 Å². The number of ketones is 1. The molecule has 3 aromatic rings. The average Bonchev–Trinajstić information content (AvgIpc) is 2.88. The van der Waals surface area contributed by atoms with E-state index in [1.54, 1.807) is 68.4 Å². The number of rotatable bonds is 10. The van der Waals surface area contributed by atoms with Crippen LogP contribution in [0, 0.1) is 5.92 Å². The molecule has 180 valence electrons. The lowest BCUT2D eigenvalue weighted by atomic mass is 10.1. The summed E-state index contributed by atoms with van der Waals surface area (Å²) in [6, 6.07) is 23.2. The smallest absolute Gasteiger partial charge is 0.329 e. The molecule has 0 aromatic heterocycles. The minimum Gasteiger partial charge on any atom is -0.456 e. The standard InChI is InChI=1S/C28H28N2O5/c1-19(2)26(32)29-23-15-13-21(14-16-23)25(31)18-35-28(34)24(17-20-9-5-3-6-10-20)30-27(33)22-11-7-4-8-12-22/h3-16,19,24H,17-18H2,1-2H3,(H,29,32)(H,30,33). The lowest BCUT2D eigenvalue weighted by Gasteiger charge is -2.18. The molecule has 0 saturated heterocycles. The van der Waals surface area contributed by atoms with Gasteiger partial charge in [0, 0.05) is 29.2 Å². The molecular formula is C28H28N2O5. The molecule has 0 aliphatic rings. The molecule has 3 aromatic carbocycles. The van der Waals surface area contributed by atoms with Gasteiger partial charge in [0.05, 0.1) is 0 Å². The van der Waals surface area contributed by atoms with Gasteiger partial charge in [0.15, 0.2) is 12.4 Å². The summed E-state index contributed by atoms with van der Waals surface area (Å²) in [4.78, 5) is 49.9. The molecule has 2 N–H and O–H groups in total. The van der Waals surface area contributed by atoms with Gasteiger partial charge in [-0.05, 0) is 42.0 Å². The summed E-state index contributed by atoms with van der Waals surface area (Å²) in [5, 5.41) is 5.47. The van der Waals surface area contributed by atoms with E-state index >= 15 is 0 Å². The van der Waals surface area contributed by atoms with E-state index in [4.69, 9.17) is 4.74 Å². The van der Waals surface area contributed by atoms with E-state index in [0.29, 0.717) is 16.8 Å². The summed E-state index contributed by atoms with van der Waals surface area (Å²) in [7, 11) is 0. The number of benzene rings is 3. The van der Waals surface area contributed by atoms with Crippen molar-refractivity contribution in [3.63, 3.8) is 0 Å². The van der Waals surface area contributed by atoms with Gasteiger partial charge in [0.2, 0.25) is 5.91 Å². The number of nitrogens with one attached hydrogen (secondary N) is 2. The Morgan fingerprint density at radius 3 is 1.97 bits per heavy atom. The highest BCUT2D eigenvalue weighted by molar-refractivity contribution is 6.00. The number of hydrogen-bond donors (Lipinski definition) is 2. The third-order valence-electron chi connectivity index (χ3n) is 5.25. The molecule has 0 aliphatic carbocycles. The third-order valence-corrected chi connectivity index (χ3v) is 5.25. The van der Waals surface area contributed by atoms with Gasteiger partial charge in [-0.15, -0.1) is 0 Å². The third kappa shape index (κ3) is 7.64.